The van der Waals surface area contributed by atoms with Crippen molar-refractivity contribution in [2.24, 2.45) is 0 Å². The summed E-state index contributed by atoms with van der Waals surface area (Å²) < 4.78 is 18.0. The molecule has 1 aromatic heterocycles. The molecule has 0 spiro atoms. The molecule has 0 radical (unpaired) electrons. The summed E-state index contributed by atoms with van der Waals surface area (Å²) in [6, 6.07) is 7.82. The van der Waals surface area contributed by atoms with Gasteiger partial charge in [-0.2, -0.15) is 0 Å². The number of piperazine rings is 1. The molecule has 0 N–H and O–H groups in total. The van der Waals surface area contributed by atoms with Gasteiger partial charge in [0.15, 0.2) is 6.29 Å². The van der Waals surface area contributed by atoms with Crippen LogP contribution in [0.4, 0.5) is 10.2 Å². The van der Waals surface area contributed by atoms with Crippen molar-refractivity contribution in [2.75, 3.05) is 38.2 Å². The molecule has 2 aromatic rings. The van der Waals surface area contributed by atoms with E-state index in [0.717, 1.165) is 0 Å². The van der Waals surface area contributed by atoms with Crippen LogP contribution in [-0.2, 0) is 0 Å². The van der Waals surface area contributed by atoms with Crippen LogP contribution in [0.2, 0.25) is 0 Å². The Morgan fingerprint density at radius 3 is 2.56 bits per heavy atom. The minimum Gasteiger partial charge on any atom is -0.496 e. The number of ether oxygens (including phenoxy) is 1. The summed E-state index contributed by atoms with van der Waals surface area (Å²) in [5, 5.41) is 0. The highest BCUT2D eigenvalue weighted by Crippen LogP contribution is 2.20. The highest BCUT2D eigenvalue weighted by Gasteiger charge is 2.23. The molecular formula is C18H18FN3O3. The van der Waals surface area contributed by atoms with Gasteiger partial charge in [0.25, 0.3) is 5.91 Å². The lowest BCUT2D eigenvalue weighted by atomic mass is 10.1. The molecule has 1 amide bonds. The fraction of sp³-hybridized carbons (Fsp3) is 0.278. The Balaban J connectivity index is 1.67. The molecule has 1 aromatic carbocycles. The van der Waals surface area contributed by atoms with Crippen LogP contribution >= 0.6 is 0 Å². The lowest BCUT2D eigenvalue weighted by molar-refractivity contribution is 0.0746. The number of hydrogen-bond acceptors (Lipinski definition) is 5. The second-order valence-corrected chi connectivity index (χ2v) is 5.69. The fourth-order valence-electron chi connectivity index (χ4n) is 2.84. The molecule has 130 valence electrons. The number of pyridine rings is 1. The van der Waals surface area contributed by atoms with E-state index in [1.807, 2.05) is 4.90 Å². The maximum Gasteiger partial charge on any atom is 0.254 e. The molecule has 0 bridgehead atoms. The Morgan fingerprint density at radius 2 is 1.96 bits per heavy atom. The first-order valence-corrected chi connectivity index (χ1v) is 7.91. The molecule has 1 aliphatic heterocycles. The van der Waals surface area contributed by atoms with Crippen LogP contribution in [0.5, 0.6) is 5.75 Å². The lowest BCUT2D eigenvalue weighted by Crippen LogP contribution is -2.49. The molecule has 6 nitrogen and oxygen atoms in total. The number of aldehydes is 1. The van der Waals surface area contributed by atoms with Gasteiger partial charge in [0.05, 0.1) is 18.9 Å². The van der Waals surface area contributed by atoms with E-state index < -0.39 is 0 Å². The molecule has 1 saturated heterocycles. The first kappa shape index (κ1) is 16.9. The van der Waals surface area contributed by atoms with Crippen molar-refractivity contribution < 1.29 is 18.7 Å². The summed E-state index contributed by atoms with van der Waals surface area (Å²) >= 11 is 0. The number of methoxy groups -OCH3 is 1. The second-order valence-electron chi connectivity index (χ2n) is 5.69. The van der Waals surface area contributed by atoms with Gasteiger partial charge in [-0.15, -0.1) is 0 Å². The number of aromatic nitrogens is 1. The number of carbonyl (C=O) groups excluding carboxylic acids is 2. The van der Waals surface area contributed by atoms with Crippen LogP contribution < -0.4 is 9.64 Å². The zero-order chi connectivity index (χ0) is 17.8. The number of rotatable bonds is 4. The van der Waals surface area contributed by atoms with Gasteiger partial charge >= 0.3 is 0 Å². The molecule has 0 atom stereocenters. The van der Waals surface area contributed by atoms with Crippen LogP contribution in [-0.4, -0.2) is 55.4 Å². The number of hydrogen-bond donors (Lipinski definition) is 0. The van der Waals surface area contributed by atoms with Gasteiger partial charge in [-0.25, -0.2) is 9.37 Å². The average molecular weight is 343 g/mol. The SMILES string of the molecule is COc1ccc(C(=O)N2CCN(c3ccc(F)cn3)CC2)cc1C=O. The van der Waals surface area contributed by atoms with Crippen molar-refractivity contribution in [2.45, 2.75) is 0 Å². The van der Waals surface area contributed by atoms with Gasteiger partial charge in [0.1, 0.15) is 17.4 Å². The van der Waals surface area contributed by atoms with Crippen molar-refractivity contribution in [3.05, 3.63) is 53.5 Å². The van der Waals surface area contributed by atoms with E-state index in [1.54, 1.807) is 29.2 Å². The Bertz CT molecular complexity index is 772. The van der Waals surface area contributed by atoms with E-state index in [2.05, 4.69) is 4.98 Å². The first-order chi connectivity index (χ1) is 12.1. The second kappa shape index (κ2) is 7.29. The monoisotopic (exact) mass is 343 g/mol. The van der Waals surface area contributed by atoms with Crippen molar-refractivity contribution >= 4 is 18.0 Å². The smallest absolute Gasteiger partial charge is 0.254 e. The fourth-order valence-corrected chi connectivity index (χ4v) is 2.84. The van der Waals surface area contributed by atoms with Gasteiger partial charge in [-0.05, 0) is 30.3 Å². The Labute approximate surface area is 144 Å². The zero-order valence-electron chi connectivity index (χ0n) is 13.8. The minimum absolute atomic E-state index is 0.127. The van der Waals surface area contributed by atoms with E-state index in [-0.39, 0.29) is 11.7 Å². The summed E-state index contributed by atoms with van der Waals surface area (Å²) in [6.45, 7) is 2.28. The normalized spacial score (nSPS) is 14.3. The molecule has 3 rings (SSSR count). The Kier molecular flexibility index (Phi) is 4.92. The van der Waals surface area contributed by atoms with E-state index in [9.17, 15) is 14.0 Å². The van der Waals surface area contributed by atoms with E-state index in [4.69, 9.17) is 4.74 Å². The van der Waals surface area contributed by atoms with E-state index in [0.29, 0.717) is 55.2 Å². The third-order valence-corrected chi connectivity index (χ3v) is 4.21. The summed E-state index contributed by atoms with van der Waals surface area (Å²) in [5.41, 5.74) is 0.804. The molecule has 1 aliphatic rings. The maximum absolute atomic E-state index is 13.0. The number of benzene rings is 1. The molecule has 0 saturated carbocycles. The van der Waals surface area contributed by atoms with Crippen LogP contribution in [0.3, 0.4) is 0 Å². The minimum atomic E-state index is -0.372. The summed E-state index contributed by atoms with van der Waals surface area (Å²) in [7, 11) is 1.48. The largest absolute Gasteiger partial charge is 0.496 e. The van der Waals surface area contributed by atoms with E-state index >= 15 is 0 Å². The average Bonchev–Trinajstić information content (AvgIpc) is 2.67. The van der Waals surface area contributed by atoms with Crippen molar-refractivity contribution in [1.29, 1.82) is 0 Å². The Hall–Kier alpha value is -2.96. The molecule has 25 heavy (non-hydrogen) atoms. The summed E-state index contributed by atoms with van der Waals surface area (Å²) in [6.07, 6.45) is 1.86. The number of halogens is 1. The zero-order valence-corrected chi connectivity index (χ0v) is 13.8. The van der Waals surface area contributed by atoms with Crippen molar-refractivity contribution in [3.63, 3.8) is 0 Å². The van der Waals surface area contributed by atoms with Crippen LogP contribution in [0, 0.1) is 5.82 Å². The summed E-state index contributed by atoms with van der Waals surface area (Å²) in [5.74, 6) is 0.639. The molecule has 7 heteroatoms. The third kappa shape index (κ3) is 3.60. The predicted octanol–water partition coefficient (Wildman–Crippen LogP) is 2.00. The summed E-state index contributed by atoms with van der Waals surface area (Å²) in [4.78, 5) is 31.6. The third-order valence-electron chi connectivity index (χ3n) is 4.21. The molecule has 0 aliphatic carbocycles. The first-order valence-electron chi connectivity index (χ1n) is 7.91. The molecule has 0 unspecified atom stereocenters. The number of anilines is 1. The quantitative estimate of drug-likeness (QED) is 0.795. The predicted molar refractivity (Wildman–Crippen MR) is 90.7 cm³/mol. The molecule has 1 fully saturated rings. The topological polar surface area (TPSA) is 62.7 Å². The van der Waals surface area contributed by atoms with Gasteiger partial charge < -0.3 is 14.5 Å². The highest BCUT2D eigenvalue weighted by atomic mass is 19.1. The van der Waals surface area contributed by atoms with Crippen LogP contribution in [0.25, 0.3) is 0 Å². The van der Waals surface area contributed by atoms with Crippen LogP contribution in [0.1, 0.15) is 20.7 Å². The number of amides is 1. The van der Waals surface area contributed by atoms with Gasteiger partial charge in [0.2, 0.25) is 0 Å². The molecule has 2 heterocycles. The van der Waals surface area contributed by atoms with E-state index in [1.165, 1.54) is 19.4 Å². The Morgan fingerprint density at radius 1 is 1.20 bits per heavy atom. The lowest BCUT2D eigenvalue weighted by Gasteiger charge is -2.35. The number of nitrogens with zero attached hydrogens (tertiary/aromatic N) is 3. The maximum atomic E-state index is 13.0. The van der Waals surface area contributed by atoms with Gasteiger partial charge in [0, 0.05) is 31.7 Å². The van der Waals surface area contributed by atoms with Crippen LogP contribution in [0.15, 0.2) is 36.5 Å². The molecular weight excluding hydrogens is 325 g/mol. The van der Waals surface area contributed by atoms with Crippen molar-refractivity contribution in [1.82, 2.24) is 9.88 Å². The van der Waals surface area contributed by atoms with Gasteiger partial charge in [-0.3, -0.25) is 9.59 Å². The highest BCUT2D eigenvalue weighted by molar-refractivity contribution is 5.96. The van der Waals surface area contributed by atoms with Crippen molar-refractivity contribution in [3.8, 4) is 5.75 Å². The standard InChI is InChI=1S/C18H18FN3O3/c1-25-16-4-2-13(10-14(16)12-23)18(24)22-8-6-21(7-9-22)17-5-3-15(19)11-20-17/h2-5,10-12H,6-9H2,1H3. The number of carbonyl (C=O) groups is 2. The van der Waals surface area contributed by atoms with Gasteiger partial charge in [-0.1, -0.05) is 0 Å².